The number of carbonyl (C=O) groups excluding carboxylic acids is 2. The van der Waals surface area contributed by atoms with Gasteiger partial charge in [-0.15, -0.1) is 0 Å². The molecule has 0 aromatic heterocycles. The Balaban J connectivity index is 1.54. The van der Waals surface area contributed by atoms with Gasteiger partial charge < -0.3 is 19.7 Å². The average Bonchev–Trinajstić information content (AvgIpc) is 3.28. The zero-order valence-corrected chi connectivity index (χ0v) is 19.1. The maximum Gasteiger partial charge on any atom is 0.237 e. The predicted molar refractivity (Wildman–Crippen MR) is 119 cm³/mol. The van der Waals surface area contributed by atoms with Gasteiger partial charge in [0.2, 0.25) is 11.8 Å². The van der Waals surface area contributed by atoms with Crippen LogP contribution in [0.5, 0.6) is 11.5 Å². The SMILES string of the molecule is CCCNC(=O)CN1CCN(CC(=O)N2CCCC2c2cc(OC)ccc2OC)CC1. The normalized spacial score (nSPS) is 20.0. The van der Waals surface area contributed by atoms with Crippen LogP contribution in [0.1, 0.15) is 37.8 Å². The summed E-state index contributed by atoms with van der Waals surface area (Å²) in [5, 5.41) is 2.92. The first-order chi connectivity index (χ1) is 15.0. The lowest BCUT2D eigenvalue weighted by molar-refractivity contribution is -0.134. The second-order valence-corrected chi connectivity index (χ2v) is 8.26. The molecule has 1 atom stereocenters. The number of nitrogens with one attached hydrogen (secondary N) is 1. The number of nitrogens with zero attached hydrogens (tertiary/aromatic N) is 3. The lowest BCUT2D eigenvalue weighted by Gasteiger charge is -2.35. The Morgan fingerprint density at radius 2 is 1.74 bits per heavy atom. The van der Waals surface area contributed by atoms with Gasteiger partial charge in [-0.3, -0.25) is 19.4 Å². The van der Waals surface area contributed by atoms with Gasteiger partial charge in [0.05, 0.1) is 33.4 Å². The van der Waals surface area contributed by atoms with Gasteiger partial charge in [-0.25, -0.2) is 0 Å². The third-order valence-electron chi connectivity index (χ3n) is 6.13. The van der Waals surface area contributed by atoms with Crippen LogP contribution in [0.4, 0.5) is 0 Å². The van der Waals surface area contributed by atoms with Crippen molar-refractivity contribution in [3.05, 3.63) is 23.8 Å². The summed E-state index contributed by atoms with van der Waals surface area (Å²) in [6.07, 6.45) is 2.86. The largest absolute Gasteiger partial charge is 0.497 e. The van der Waals surface area contributed by atoms with Crippen LogP contribution in [-0.4, -0.2) is 93.1 Å². The fraction of sp³-hybridized carbons (Fsp3) is 0.652. The summed E-state index contributed by atoms with van der Waals surface area (Å²) in [5.41, 5.74) is 1.01. The van der Waals surface area contributed by atoms with Gasteiger partial charge in [0.15, 0.2) is 0 Å². The first-order valence-electron chi connectivity index (χ1n) is 11.3. The number of rotatable bonds is 9. The van der Waals surface area contributed by atoms with Crippen molar-refractivity contribution in [1.29, 1.82) is 0 Å². The number of likely N-dealkylation sites (tertiary alicyclic amines) is 1. The van der Waals surface area contributed by atoms with Crippen LogP contribution in [0.2, 0.25) is 0 Å². The molecule has 1 aromatic carbocycles. The number of benzene rings is 1. The molecule has 172 valence electrons. The Kier molecular flexibility index (Phi) is 8.54. The predicted octanol–water partition coefficient (Wildman–Crippen LogP) is 1.51. The van der Waals surface area contributed by atoms with Crippen LogP contribution in [0, 0.1) is 0 Å². The molecule has 1 aromatic rings. The van der Waals surface area contributed by atoms with Crippen molar-refractivity contribution in [2.75, 3.05) is 66.6 Å². The zero-order chi connectivity index (χ0) is 22.2. The number of piperazine rings is 1. The molecular weight excluding hydrogens is 396 g/mol. The van der Waals surface area contributed by atoms with Crippen molar-refractivity contribution in [2.45, 2.75) is 32.2 Å². The molecule has 2 fully saturated rings. The number of amides is 2. The van der Waals surface area contributed by atoms with Crippen molar-refractivity contribution in [3.63, 3.8) is 0 Å². The van der Waals surface area contributed by atoms with E-state index in [9.17, 15) is 9.59 Å². The zero-order valence-electron chi connectivity index (χ0n) is 19.1. The highest BCUT2D eigenvalue weighted by Crippen LogP contribution is 2.39. The number of ether oxygens (including phenoxy) is 2. The van der Waals surface area contributed by atoms with Crippen molar-refractivity contribution < 1.29 is 19.1 Å². The van der Waals surface area contributed by atoms with Crippen LogP contribution < -0.4 is 14.8 Å². The smallest absolute Gasteiger partial charge is 0.237 e. The molecule has 31 heavy (non-hydrogen) atoms. The van der Waals surface area contributed by atoms with E-state index >= 15 is 0 Å². The Morgan fingerprint density at radius 1 is 1.03 bits per heavy atom. The molecule has 8 heteroatoms. The molecule has 2 aliphatic heterocycles. The summed E-state index contributed by atoms with van der Waals surface area (Å²) in [6, 6.07) is 5.79. The van der Waals surface area contributed by atoms with Gasteiger partial charge in [-0.1, -0.05) is 6.92 Å². The van der Waals surface area contributed by atoms with E-state index in [2.05, 4.69) is 15.1 Å². The quantitative estimate of drug-likeness (QED) is 0.638. The molecule has 2 saturated heterocycles. The van der Waals surface area contributed by atoms with Crippen molar-refractivity contribution in [2.24, 2.45) is 0 Å². The highest BCUT2D eigenvalue weighted by molar-refractivity contribution is 5.79. The van der Waals surface area contributed by atoms with E-state index in [1.54, 1.807) is 14.2 Å². The molecule has 0 radical (unpaired) electrons. The number of hydrogen-bond donors (Lipinski definition) is 1. The van der Waals surface area contributed by atoms with Crippen molar-refractivity contribution in [3.8, 4) is 11.5 Å². The maximum absolute atomic E-state index is 13.2. The summed E-state index contributed by atoms with van der Waals surface area (Å²) < 4.78 is 11.0. The summed E-state index contributed by atoms with van der Waals surface area (Å²) >= 11 is 0. The van der Waals surface area contributed by atoms with Gasteiger partial charge in [-0.05, 0) is 37.5 Å². The van der Waals surface area contributed by atoms with Crippen LogP contribution in [0.15, 0.2) is 18.2 Å². The number of methoxy groups -OCH3 is 2. The fourth-order valence-corrected chi connectivity index (χ4v) is 4.40. The van der Waals surface area contributed by atoms with E-state index in [0.717, 1.165) is 75.6 Å². The topological polar surface area (TPSA) is 74.4 Å². The number of hydrogen-bond acceptors (Lipinski definition) is 6. The molecule has 0 saturated carbocycles. The molecular formula is C23H36N4O4. The van der Waals surface area contributed by atoms with E-state index < -0.39 is 0 Å². The van der Waals surface area contributed by atoms with E-state index in [1.165, 1.54) is 0 Å². The standard InChI is InChI=1S/C23H36N4O4/c1-4-9-24-22(28)16-25-11-13-26(14-12-25)17-23(29)27-10-5-6-20(27)19-15-18(30-2)7-8-21(19)31-3/h7-8,15,20H,4-6,9-14,16-17H2,1-3H3,(H,24,28). The van der Waals surface area contributed by atoms with Crippen LogP contribution in [0.3, 0.4) is 0 Å². The minimum atomic E-state index is 0.0149. The Labute approximate surface area is 185 Å². The van der Waals surface area contributed by atoms with Gasteiger partial charge in [0.25, 0.3) is 0 Å². The van der Waals surface area contributed by atoms with Crippen LogP contribution in [0.25, 0.3) is 0 Å². The molecule has 1 N–H and O–H groups in total. The molecule has 8 nitrogen and oxygen atoms in total. The van der Waals surface area contributed by atoms with Crippen LogP contribution in [-0.2, 0) is 9.59 Å². The number of carbonyl (C=O) groups is 2. The first kappa shape index (κ1) is 23.3. The lowest BCUT2D eigenvalue weighted by atomic mass is 10.0. The van der Waals surface area contributed by atoms with Gasteiger partial charge in [-0.2, -0.15) is 0 Å². The molecule has 2 amide bonds. The summed E-state index contributed by atoms with van der Waals surface area (Å²) in [6.45, 7) is 7.60. The molecule has 0 spiro atoms. The molecule has 2 heterocycles. The lowest BCUT2D eigenvalue weighted by Crippen LogP contribution is -2.51. The fourth-order valence-electron chi connectivity index (χ4n) is 4.40. The second-order valence-electron chi connectivity index (χ2n) is 8.26. The minimum Gasteiger partial charge on any atom is -0.497 e. The third-order valence-corrected chi connectivity index (χ3v) is 6.13. The maximum atomic E-state index is 13.2. The summed E-state index contributed by atoms with van der Waals surface area (Å²) in [5.74, 6) is 1.80. The molecule has 0 aliphatic carbocycles. The molecule has 0 bridgehead atoms. The third kappa shape index (κ3) is 6.11. The summed E-state index contributed by atoms with van der Waals surface area (Å²) in [4.78, 5) is 31.4. The molecule has 3 rings (SSSR count). The van der Waals surface area contributed by atoms with Crippen molar-refractivity contribution in [1.82, 2.24) is 20.0 Å². The minimum absolute atomic E-state index is 0.0149. The molecule has 2 aliphatic rings. The van der Waals surface area contributed by atoms with E-state index in [0.29, 0.717) is 13.1 Å². The van der Waals surface area contributed by atoms with Crippen molar-refractivity contribution >= 4 is 11.8 Å². The highest BCUT2D eigenvalue weighted by Gasteiger charge is 2.33. The average molecular weight is 433 g/mol. The Bertz CT molecular complexity index is 749. The Morgan fingerprint density at radius 3 is 2.39 bits per heavy atom. The van der Waals surface area contributed by atoms with E-state index in [4.69, 9.17) is 9.47 Å². The molecule has 1 unspecified atom stereocenters. The van der Waals surface area contributed by atoms with Crippen LogP contribution >= 0.6 is 0 Å². The monoisotopic (exact) mass is 432 g/mol. The van der Waals surface area contributed by atoms with E-state index in [-0.39, 0.29) is 17.9 Å². The Hall–Kier alpha value is -2.32. The second kappa shape index (κ2) is 11.3. The van der Waals surface area contributed by atoms with Gasteiger partial charge in [0.1, 0.15) is 11.5 Å². The van der Waals surface area contributed by atoms with E-state index in [1.807, 2.05) is 30.0 Å². The van der Waals surface area contributed by atoms with Gasteiger partial charge >= 0.3 is 0 Å². The highest BCUT2D eigenvalue weighted by atomic mass is 16.5. The first-order valence-corrected chi connectivity index (χ1v) is 11.3. The summed E-state index contributed by atoms with van der Waals surface area (Å²) in [7, 11) is 3.31. The van der Waals surface area contributed by atoms with Gasteiger partial charge in [0, 0.05) is 44.8 Å².